The van der Waals surface area contributed by atoms with Crippen molar-refractivity contribution in [2.24, 2.45) is 5.73 Å². The number of amides is 1. The average Bonchev–Trinajstić information content (AvgIpc) is 3.10. The second-order valence-corrected chi connectivity index (χ2v) is 9.33. The van der Waals surface area contributed by atoms with Gasteiger partial charge in [0.05, 0.1) is 11.0 Å². The van der Waals surface area contributed by atoms with Crippen molar-refractivity contribution >= 4 is 29.2 Å². The van der Waals surface area contributed by atoms with Gasteiger partial charge in [-0.05, 0) is 74.5 Å². The summed E-state index contributed by atoms with van der Waals surface area (Å²) in [5, 5.41) is 0. The van der Waals surface area contributed by atoms with Crippen molar-refractivity contribution in [2.75, 3.05) is 13.1 Å². The molecule has 5 nitrogen and oxygen atoms in total. The van der Waals surface area contributed by atoms with Gasteiger partial charge in [-0.3, -0.25) is 9.69 Å². The number of nitrogens with zero attached hydrogens (tertiary/aromatic N) is 3. The van der Waals surface area contributed by atoms with Crippen LogP contribution in [0.25, 0.3) is 11.0 Å². The molecule has 1 fully saturated rings. The SMILES string of the molecule is CC(C(N)=O)n1c(=S)n(C2CCN(C3CCCc4ccccc43)CC2)c2ccccc21. The van der Waals surface area contributed by atoms with E-state index < -0.39 is 6.04 Å². The molecule has 5 rings (SSSR count). The van der Waals surface area contributed by atoms with Crippen molar-refractivity contribution in [1.82, 2.24) is 14.0 Å². The van der Waals surface area contributed by atoms with E-state index in [0.717, 1.165) is 37.0 Å². The highest BCUT2D eigenvalue weighted by Crippen LogP contribution is 2.38. The number of likely N-dealkylation sites (tertiary alicyclic amines) is 1. The van der Waals surface area contributed by atoms with Gasteiger partial charge in [0, 0.05) is 25.2 Å². The monoisotopic (exact) mass is 434 g/mol. The minimum absolute atomic E-state index is 0.341. The fraction of sp³-hybridized carbons (Fsp3) is 0.440. The third-order valence-corrected chi connectivity index (χ3v) is 7.65. The molecule has 1 saturated heterocycles. The van der Waals surface area contributed by atoms with Gasteiger partial charge in [-0.1, -0.05) is 36.4 Å². The molecule has 0 radical (unpaired) electrons. The molecule has 0 spiro atoms. The standard InChI is InChI=1S/C25H30N4OS/c1-17(24(26)30)28-22-10-4-5-11-23(22)29(25(28)31)19-13-15-27(16-14-19)21-12-6-8-18-7-2-3-9-20(18)21/h2-5,7,9-11,17,19,21H,6,8,12-16H2,1H3,(H2,26,30). The number of primary amides is 1. The van der Waals surface area contributed by atoms with Crippen LogP contribution in [0, 0.1) is 4.77 Å². The van der Waals surface area contributed by atoms with E-state index in [1.807, 2.05) is 29.7 Å². The van der Waals surface area contributed by atoms with Gasteiger partial charge in [-0.2, -0.15) is 0 Å². The molecule has 31 heavy (non-hydrogen) atoms. The summed E-state index contributed by atoms with van der Waals surface area (Å²) in [5.41, 5.74) is 10.8. The molecule has 1 aliphatic carbocycles. The van der Waals surface area contributed by atoms with Crippen molar-refractivity contribution in [2.45, 2.75) is 57.2 Å². The third kappa shape index (κ3) is 3.52. The molecule has 2 heterocycles. The van der Waals surface area contributed by atoms with Crippen LogP contribution >= 0.6 is 12.2 Å². The predicted molar refractivity (Wildman–Crippen MR) is 127 cm³/mol. The van der Waals surface area contributed by atoms with E-state index in [-0.39, 0.29) is 5.91 Å². The quantitative estimate of drug-likeness (QED) is 0.592. The van der Waals surface area contributed by atoms with Gasteiger partial charge in [0.1, 0.15) is 6.04 Å². The Morgan fingerprint density at radius 1 is 1.03 bits per heavy atom. The van der Waals surface area contributed by atoms with E-state index in [0.29, 0.717) is 16.9 Å². The largest absolute Gasteiger partial charge is 0.368 e. The first-order chi connectivity index (χ1) is 15.1. The number of fused-ring (bicyclic) bond motifs is 2. The molecule has 2 unspecified atom stereocenters. The Kier molecular flexibility index (Phi) is 5.44. The number of aryl methyl sites for hydroxylation is 1. The number of rotatable bonds is 4. The number of carbonyl (C=O) groups excluding carboxylic acids is 1. The van der Waals surface area contributed by atoms with Gasteiger partial charge in [-0.25, -0.2) is 0 Å². The molecule has 2 N–H and O–H groups in total. The number of benzene rings is 2. The van der Waals surface area contributed by atoms with Crippen LogP contribution in [0.1, 0.15) is 61.9 Å². The number of hydrogen-bond acceptors (Lipinski definition) is 3. The van der Waals surface area contributed by atoms with E-state index in [1.165, 1.54) is 30.4 Å². The number of carbonyl (C=O) groups is 1. The first kappa shape index (κ1) is 20.5. The zero-order valence-corrected chi connectivity index (χ0v) is 18.9. The van der Waals surface area contributed by atoms with E-state index in [9.17, 15) is 4.79 Å². The van der Waals surface area contributed by atoms with Crippen LogP contribution in [0.4, 0.5) is 0 Å². The summed E-state index contributed by atoms with van der Waals surface area (Å²) < 4.78 is 4.90. The molecule has 162 valence electrons. The zero-order chi connectivity index (χ0) is 21.5. The average molecular weight is 435 g/mol. The van der Waals surface area contributed by atoms with E-state index in [2.05, 4.69) is 39.8 Å². The molecular formula is C25H30N4OS. The van der Waals surface area contributed by atoms with Crippen LogP contribution in [0.3, 0.4) is 0 Å². The minimum atomic E-state index is -0.461. The highest BCUT2D eigenvalue weighted by molar-refractivity contribution is 7.71. The lowest BCUT2D eigenvalue weighted by atomic mass is 9.86. The van der Waals surface area contributed by atoms with Gasteiger partial charge < -0.3 is 14.9 Å². The van der Waals surface area contributed by atoms with Gasteiger partial charge in [0.2, 0.25) is 5.91 Å². The fourth-order valence-electron chi connectivity index (χ4n) is 5.61. The van der Waals surface area contributed by atoms with Crippen molar-refractivity contribution in [3.8, 4) is 0 Å². The molecule has 1 aromatic heterocycles. The predicted octanol–water partition coefficient (Wildman–Crippen LogP) is 4.93. The molecule has 2 aliphatic rings. The van der Waals surface area contributed by atoms with Crippen LogP contribution in [0.15, 0.2) is 48.5 Å². The van der Waals surface area contributed by atoms with Crippen molar-refractivity contribution in [1.29, 1.82) is 0 Å². The molecule has 2 aromatic carbocycles. The Labute approximate surface area is 188 Å². The van der Waals surface area contributed by atoms with Crippen molar-refractivity contribution in [3.05, 3.63) is 64.4 Å². The maximum atomic E-state index is 11.9. The number of imidazole rings is 1. The van der Waals surface area contributed by atoms with Crippen LogP contribution in [-0.2, 0) is 11.2 Å². The van der Waals surface area contributed by atoms with Crippen molar-refractivity contribution in [3.63, 3.8) is 0 Å². The first-order valence-corrected chi connectivity index (χ1v) is 11.8. The second-order valence-electron chi connectivity index (χ2n) is 8.96. The highest BCUT2D eigenvalue weighted by atomic mass is 32.1. The maximum absolute atomic E-state index is 11.9. The summed E-state index contributed by atoms with van der Waals surface area (Å²) in [4.78, 5) is 14.6. The molecule has 1 aliphatic heterocycles. The van der Waals surface area contributed by atoms with Gasteiger partial charge >= 0.3 is 0 Å². The zero-order valence-electron chi connectivity index (χ0n) is 18.0. The first-order valence-electron chi connectivity index (χ1n) is 11.4. The fourth-order valence-corrected chi connectivity index (χ4v) is 6.12. The van der Waals surface area contributed by atoms with Crippen LogP contribution < -0.4 is 5.73 Å². The summed E-state index contributed by atoms with van der Waals surface area (Å²) in [6, 6.07) is 17.6. The summed E-state index contributed by atoms with van der Waals surface area (Å²) in [6.45, 7) is 3.96. The molecule has 2 atom stereocenters. The summed E-state index contributed by atoms with van der Waals surface area (Å²) in [6.07, 6.45) is 5.84. The molecule has 0 bridgehead atoms. The van der Waals surface area contributed by atoms with Gasteiger partial charge in [0.25, 0.3) is 0 Å². The number of para-hydroxylation sites is 2. The van der Waals surface area contributed by atoms with E-state index in [1.54, 1.807) is 0 Å². The molecule has 6 heteroatoms. The smallest absolute Gasteiger partial charge is 0.240 e. The lowest BCUT2D eigenvalue weighted by molar-refractivity contribution is -0.120. The Morgan fingerprint density at radius 3 is 2.45 bits per heavy atom. The number of aromatic nitrogens is 2. The highest BCUT2D eigenvalue weighted by Gasteiger charge is 2.31. The normalized spacial score (nSPS) is 21.1. The Morgan fingerprint density at radius 2 is 1.71 bits per heavy atom. The van der Waals surface area contributed by atoms with E-state index in [4.69, 9.17) is 18.0 Å². The minimum Gasteiger partial charge on any atom is -0.368 e. The number of nitrogens with two attached hydrogens (primary N) is 1. The van der Waals surface area contributed by atoms with Gasteiger partial charge in [-0.15, -0.1) is 0 Å². The number of piperidine rings is 1. The summed E-state index contributed by atoms with van der Waals surface area (Å²) in [5.74, 6) is -0.357. The second kappa shape index (κ2) is 8.24. The molecule has 3 aromatic rings. The van der Waals surface area contributed by atoms with Gasteiger partial charge in [0.15, 0.2) is 4.77 Å². The lowest BCUT2D eigenvalue weighted by Crippen LogP contribution is -2.38. The third-order valence-electron chi connectivity index (χ3n) is 7.25. The van der Waals surface area contributed by atoms with Crippen LogP contribution in [-0.4, -0.2) is 33.0 Å². The summed E-state index contributed by atoms with van der Waals surface area (Å²) in [7, 11) is 0. The maximum Gasteiger partial charge on any atom is 0.240 e. The molecular weight excluding hydrogens is 404 g/mol. The topological polar surface area (TPSA) is 56.2 Å². The summed E-state index contributed by atoms with van der Waals surface area (Å²) >= 11 is 5.88. The van der Waals surface area contributed by atoms with E-state index >= 15 is 0 Å². The Balaban J connectivity index is 1.43. The number of hydrogen-bond donors (Lipinski definition) is 1. The molecule has 0 saturated carbocycles. The lowest BCUT2D eigenvalue weighted by Gasteiger charge is -2.40. The Hall–Kier alpha value is -2.44. The molecule has 1 amide bonds. The van der Waals surface area contributed by atoms with Crippen LogP contribution in [0.5, 0.6) is 0 Å². The van der Waals surface area contributed by atoms with Crippen molar-refractivity contribution < 1.29 is 4.79 Å². The van der Waals surface area contributed by atoms with Crippen LogP contribution in [0.2, 0.25) is 0 Å². The Bertz CT molecular complexity index is 1170.